The van der Waals surface area contributed by atoms with Gasteiger partial charge in [-0.1, -0.05) is 84.1 Å². The highest BCUT2D eigenvalue weighted by Gasteiger charge is 2.18. The maximum atomic E-state index is 12.6. The first-order valence-corrected chi connectivity index (χ1v) is 12.5. The molecule has 3 aromatic carbocycles. The van der Waals surface area contributed by atoms with Crippen LogP contribution in [0.3, 0.4) is 0 Å². The van der Waals surface area contributed by atoms with Gasteiger partial charge in [-0.3, -0.25) is 5.43 Å². The Labute approximate surface area is 212 Å². The van der Waals surface area contributed by atoms with Crippen molar-refractivity contribution >= 4 is 34.2 Å². The zero-order valence-corrected chi connectivity index (χ0v) is 20.8. The van der Waals surface area contributed by atoms with Gasteiger partial charge in [0.2, 0.25) is 4.80 Å². The van der Waals surface area contributed by atoms with Crippen LogP contribution in [0.4, 0.5) is 5.82 Å². The topological polar surface area (TPSA) is 81.4 Å². The maximum Gasteiger partial charge on any atom is 0.350 e. The molecule has 0 saturated carbocycles. The second-order valence-corrected chi connectivity index (χ2v) is 9.07. The Morgan fingerprint density at radius 2 is 1.58 bits per heavy atom. The molecular weight excluding hydrogens is 470 g/mol. The molecule has 0 saturated heterocycles. The van der Waals surface area contributed by atoms with E-state index in [4.69, 9.17) is 19.8 Å². The SMILES string of the molecule is CCOC(=O)c1s/c(=N/Nc2nc3ccccc3nc2-c2ccccc2)n(Cc2ccccc2)c1C. The molecule has 8 heteroatoms. The van der Waals surface area contributed by atoms with E-state index in [2.05, 4.69) is 5.43 Å². The summed E-state index contributed by atoms with van der Waals surface area (Å²) in [5.74, 6) is 0.189. The lowest BCUT2D eigenvalue weighted by Crippen LogP contribution is -2.19. The fraction of sp³-hybridized carbons (Fsp3) is 0.143. The molecule has 0 spiro atoms. The highest BCUT2D eigenvalue weighted by Crippen LogP contribution is 2.27. The van der Waals surface area contributed by atoms with Crippen molar-refractivity contribution in [3.05, 3.63) is 106 Å². The van der Waals surface area contributed by atoms with E-state index in [0.717, 1.165) is 27.9 Å². The number of carbonyl (C=O) groups excluding carboxylic acids is 1. The van der Waals surface area contributed by atoms with Crippen LogP contribution < -0.4 is 10.2 Å². The number of fused-ring (bicyclic) bond motifs is 1. The smallest absolute Gasteiger partial charge is 0.350 e. The normalized spacial score (nSPS) is 11.6. The van der Waals surface area contributed by atoms with Gasteiger partial charge in [-0.2, -0.15) is 0 Å². The molecule has 0 fully saturated rings. The van der Waals surface area contributed by atoms with Gasteiger partial charge in [0.25, 0.3) is 0 Å². The third-order valence-electron chi connectivity index (χ3n) is 5.68. The second-order valence-electron chi connectivity index (χ2n) is 8.09. The summed E-state index contributed by atoms with van der Waals surface area (Å²) >= 11 is 1.29. The summed E-state index contributed by atoms with van der Waals surface area (Å²) in [5.41, 5.74) is 8.25. The fourth-order valence-electron chi connectivity index (χ4n) is 3.88. The maximum absolute atomic E-state index is 12.6. The van der Waals surface area contributed by atoms with Crippen molar-refractivity contribution in [2.24, 2.45) is 5.10 Å². The van der Waals surface area contributed by atoms with Gasteiger partial charge in [0.15, 0.2) is 5.82 Å². The minimum atomic E-state index is -0.348. The number of hydrogen-bond acceptors (Lipinski definition) is 7. The van der Waals surface area contributed by atoms with E-state index in [0.29, 0.717) is 34.3 Å². The summed E-state index contributed by atoms with van der Waals surface area (Å²) < 4.78 is 7.30. The van der Waals surface area contributed by atoms with E-state index >= 15 is 0 Å². The lowest BCUT2D eigenvalue weighted by atomic mass is 10.1. The molecule has 2 aromatic heterocycles. The number of esters is 1. The summed E-state index contributed by atoms with van der Waals surface area (Å²) in [4.78, 5) is 23.5. The lowest BCUT2D eigenvalue weighted by Gasteiger charge is -2.10. The van der Waals surface area contributed by atoms with Gasteiger partial charge in [0.1, 0.15) is 10.6 Å². The standard InChI is InChI=1S/C28H25N5O2S/c1-3-35-27(34)25-19(2)33(18-20-12-6-4-7-13-20)28(36-25)32-31-26-24(21-14-8-5-9-15-21)29-22-16-10-11-17-23(22)30-26/h4-17H,3,18H2,1-2H3,(H,30,31)/b32-28+. The molecule has 0 unspecified atom stereocenters. The third kappa shape index (κ3) is 4.89. The Bertz CT molecular complexity index is 1580. The van der Waals surface area contributed by atoms with Crippen molar-refractivity contribution in [1.82, 2.24) is 14.5 Å². The van der Waals surface area contributed by atoms with Crippen LogP contribution in [0, 0.1) is 6.92 Å². The molecule has 5 aromatic rings. The average molecular weight is 496 g/mol. The van der Waals surface area contributed by atoms with Crippen molar-refractivity contribution in [2.45, 2.75) is 20.4 Å². The van der Waals surface area contributed by atoms with E-state index in [9.17, 15) is 4.79 Å². The number of carbonyl (C=O) groups is 1. The van der Waals surface area contributed by atoms with Gasteiger partial charge in [0.05, 0.1) is 24.2 Å². The summed E-state index contributed by atoms with van der Waals surface area (Å²) in [6.07, 6.45) is 0. The van der Waals surface area contributed by atoms with Crippen LogP contribution >= 0.6 is 11.3 Å². The number of anilines is 1. The van der Waals surface area contributed by atoms with E-state index in [1.54, 1.807) is 6.92 Å². The van der Waals surface area contributed by atoms with Crippen molar-refractivity contribution in [1.29, 1.82) is 0 Å². The number of thiazole rings is 1. The Morgan fingerprint density at radius 1 is 0.944 bits per heavy atom. The van der Waals surface area contributed by atoms with Gasteiger partial charge in [-0.15, -0.1) is 5.10 Å². The van der Waals surface area contributed by atoms with Gasteiger partial charge < -0.3 is 9.30 Å². The quantitative estimate of drug-likeness (QED) is 0.234. The van der Waals surface area contributed by atoms with Crippen molar-refractivity contribution in [3.8, 4) is 11.3 Å². The Kier molecular flexibility index (Phi) is 6.86. The van der Waals surface area contributed by atoms with Crippen LogP contribution in [0.2, 0.25) is 0 Å². The summed E-state index contributed by atoms with van der Waals surface area (Å²) in [5, 5.41) is 4.71. The molecule has 0 aliphatic carbocycles. The first-order chi connectivity index (χ1) is 17.6. The van der Waals surface area contributed by atoms with Crippen LogP contribution in [0.1, 0.15) is 27.9 Å². The van der Waals surface area contributed by atoms with E-state index in [1.165, 1.54) is 11.3 Å². The molecule has 0 aliphatic heterocycles. The van der Waals surface area contributed by atoms with Gasteiger partial charge in [0, 0.05) is 11.3 Å². The first kappa shape index (κ1) is 23.4. The van der Waals surface area contributed by atoms with Crippen molar-refractivity contribution < 1.29 is 9.53 Å². The molecule has 180 valence electrons. The fourth-order valence-corrected chi connectivity index (χ4v) is 4.87. The highest BCUT2D eigenvalue weighted by atomic mass is 32.1. The minimum Gasteiger partial charge on any atom is -0.462 e. The van der Waals surface area contributed by atoms with Crippen molar-refractivity contribution in [2.75, 3.05) is 12.0 Å². The van der Waals surface area contributed by atoms with E-state index in [1.807, 2.05) is 96.4 Å². The Morgan fingerprint density at radius 3 is 2.28 bits per heavy atom. The molecule has 1 N–H and O–H groups in total. The predicted octanol–water partition coefficient (Wildman–Crippen LogP) is 5.62. The largest absolute Gasteiger partial charge is 0.462 e. The zero-order chi connectivity index (χ0) is 24.9. The van der Waals surface area contributed by atoms with Gasteiger partial charge in [-0.05, 0) is 31.5 Å². The molecule has 7 nitrogen and oxygen atoms in total. The zero-order valence-electron chi connectivity index (χ0n) is 20.0. The second kappa shape index (κ2) is 10.5. The van der Waals surface area contributed by atoms with Crippen LogP contribution in [0.15, 0.2) is 90.0 Å². The number of aromatic nitrogens is 3. The third-order valence-corrected chi connectivity index (χ3v) is 6.84. The molecule has 5 rings (SSSR count). The number of para-hydroxylation sites is 2. The number of benzene rings is 3. The van der Waals surface area contributed by atoms with E-state index in [-0.39, 0.29) is 5.97 Å². The van der Waals surface area contributed by atoms with Crippen LogP contribution in [0.25, 0.3) is 22.3 Å². The number of hydrogen-bond donors (Lipinski definition) is 1. The number of ether oxygens (including phenoxy) is 1. The molecule has 0 bridgehead atoms. The Hall–Kier alpha value is -4.30. The molecule has 0 aliphatic rings. The first-order valence-electron chi connectivity index (χ1n) is 11.7. The molecular formula is C28H25N5O2S. The number of nitrogens with one attached hydrogen (secondary N) is 1. The average Bonchev–Trinajstić information content (AvgIpc) is 3.23. The number of nitrogens with zero attached hydrogens (tertiary/aromatic N) is 4. The monoisotopic (exact) mass is 495 g/mol. The molecule has 2 heterocycles. The summed E-state index contributed by atoms with van der Waals surface area (Å²) in [6.45, 7) is 4.59. The predicted molar refractivity (Wildman–Crippen MR) is 143 cm³/mol. The van der Waals surface area contributed by atoms with Crippen molar-refractivity contribution in [3.63, 3.8) is 0 Å². The lowest BCUT2D eigenvalue weighted by molar-refractivity contribution is 0.0530. The minimum absolute atomic E-state index is 0.312. The van der Waals surface area contributed by atoms with Crippen LogP contribution in [0.5, 0.6) is 0 Å². The van der Waals surface area contributed by atoms with E-state index < -0.39 is 0 Å². The molecule has 0 radical (unpaired) electrons. The Balaban J connectivity index is 1.61. The molecule has 36 heavy (non-hydrogen) atoms. The van der Waals surface area contributed by atoms with Crippen LogP contribution in [-0.4, -0.2) is 27.1 Å². The molecule has 0 amide bonds. The van der Waals surface area contributed by atoms with Gasteiger partial charge >= 0.3 is 5.97 Å². The number of rotatable bonds is 7. The van der Waals surface area contributed by atoms with Gasteiger partial charge in [-0.25, -0.2) is 14.8 Å². The summed E-state index contributed by atoms with van der Waals surface area (Å²) in [6, 6.07) is 27.7. The summed E-state index contributed by atoms with van der Waals surface area (Å²) in [7, 11) is 0. The molecule has 0 atom stereocenters. The highest BCUT2D eigenvalue weighted by molar-refractivity contribution is 7.11. The van der Waals surface area contributed by atoms with Crippen LogP contribution in [-0.2, 0) is 11.3 Å².